The number of hydrogen-bond donors (Lipinski definition) is 2. The van der Waals surface area contributed by atoms with Gasteiger partial charge in [0.05, 0.1) is 17.1 Å². The SMILES string of the molecule is CC(C)n1nc(C2(C)C(=O)Nc3nc(-c4nn(CCC(F)(F)C(F)(F)F)c5cc(Cl)ccc45)nc(N)c32)oc1=O. The van der Waals surface area contributed by atoms with Crippen molar-refractivity contribution in [3.63, 3.8) is 0 Å². The highest BCUT2D eigenvalue weighted by Crippen LogP contribution is 2.45. The van der Waals surface area contributed by atoms with E-state index in [4.69, 9.17) is 21.8 Å². The highest BCUT2D eigenvalue weighted by atomic mass is 35.5. The third kappa shape index (κ3) is 4.17. The number of carbonyl (C=O) groups excluding carboxylic acids is 1. The number of nitrogens with zero attached hydrogens (tertiary/aromatic N) is 6. The van der Waals surface area contributed by atoms with Gasteiger partial charge in [0, 0.05) is 23.4 Å². The molecule has 1 unspecified atom stereocenters. The second-order valence-corrected chi connectivity index (χ2v) is 10.1. The number of anilines is 2. The molecule has 0 bridgehead atoms. The zero-order valence-electron chi connectivity index (χ0n) is 21.0. The summed E-state index contributed by atoms with van der Waals surface area (Å²) in [6, 6.07) is 3.93. The fourth-order valence-corrected chi connectivity index (χ4v) is 4.57. The van der Waals surface area contributed by atoms with Crippen molar-refractivity contribution < 1.29 is 31.2 Å². The molecule has 1 aliphatic rings. The summed E-state index contributed by atoms with van der Waals surface area (Å²) in [5, 5.41) is 11.4. The van der Waals surface area contributed by atoms with Gasteiger partial charge in [0.15, 0.2) is 11.2 Å². The Morgan fingerprint density at radius 3 is 2.48 bits per heavy atom. The number of nitrogen functional groups attached to an aromatic ring is 1. The molecule has 1 amide bonds. The summed E-state index contributed by atoms with van der Waals surface area (Å²) < 4.78 is 72.8. The van der Waals surface area contributed by atoms with Crippen LogP contribution in [0, 0.1) is 0 Å². The highest BCUT2D eigenvalue weighted by molar-refractivity contribution is 6.31. The number of amides is 1. The van der Waals surface area contributed by atoms with Crippen LogP contribution >= 0.6 is 11.6 Å². The molecule has 1 atom stereocenters. The average molecular weight is 587 g/mol. The van der Waals surface area contributed by atoms with Crippen molar-refractivity contribution >= 4 is 40.0 Å². The molecule has 212 valence electrons. The molecule has 11 nitrogen and oxygen atoms in total. The number of hydrogen-bond acceptors (Lipinski definition) is 8. The minimum atomic E-state index is -5.73. The Morgan fingerprint density at radius 1 is 1.15 bits per heavy atom. The van der Waals surface area contributed by atoms with Crippen molar-refractivity contribution in [2.45, 2.75) is 57.3 Å². The standard InChI is InChI=1S/C23H20ClF5N8O3/c1-9(2)37-20(39)40-19(35-37)21(3)13-15(30)31-17(32-16(13)33-18(21)38)14-11-5-4-10(24)8-12(11)36(34-14)7-6-22(25,26)23(27,28)29/h4-5,8-9H,6-7H2,1-3H3,(H3,30,31,32,33,38). The Labute approximate surface area is 226 Å². The minimum absolute atomic E-state index is 0.00467. The van der Waals surface area contributed by atoms with Gasteiger partial charge in [-0.2, -0.15) is 31.7 Å². The lowest BCUT2D eigenvalue weighted by Gasteiger charge is -2.19. The maximum absolute atomic E-state index is 13.6. The Balaban J connectivity index is 1.60. The first-order chi connectivity index (χ1) is 18.5. The van der Waals surface area contributed by atoms with Crippen LogP contribution in [0.2, 0.25) is 5.02 Å². The fourth-order valence-electron chi connectivity index (χ4n) is 4.41. The first kappa shape index (κ1) is 27.5. The number of nitrogens with two attached hydrogens (primary N) is 1. The molecule has 1 aliphatic heterocycles. The van der Waals surface area contributed by atoms with Crippen LogP contribution in [0.25, 0.3) is 22.4 Å². The maximum atomic E-state index is 13.6. The minimum Gasteiger partial charge on any atom is -0.391 e. The van der Waals surface area contributed by atoms with Gasteiger partial charge in [-0.15, -0.1) is 5.10 Å². The van der Waals surface area contributed by atoms with Gasteiger partial charge in [0.1, 0.15) is 17.3 Å². The first-order valence-corrected chi connectivity index (χ1v) is 12.1. The van der Waals surface area contributed by atoms with Crippen molar-refractivity contribution in [3.8, 4) is 11.5 Å². The molecule has 0 fully saturated rings. The number of aromatic nitrogens is 6. The lowest BCUT2D eigenvalue weighted by atomic mass is 9.84. The van der Waals surface area contributed by atoms with Gasteiger partial charge < -0.3 is 15.5 Å². The number of benzene rings is 1. The monoisotopic (exact) mass is 586 g/mol. The molecule has 0 radical (unpaired) electrons. The van der Waals surface area contributed by atoms with Crippen molar-refractivity contribution in [2.75, 3.05) is 11.1 Å². The lowest BCUT2D eigenvalue weighted by Crippen LogP contribution is -2.37. The average Bonchev–Trinajstić information content (AvgIpc) is 3.49. The maximum Gasteiger partial charge on any atom is 0.453 e. The predicted octanol–water partition coefficient (Wildman–Crippen LogP) is 4.31. The number of rotatable bonds is 6. The molecule has 0 saturated heterocycles. The van der Waals surface area contributed by atoms with Crippen LogP contribution in [0.15, 0.2) is 27.4 Å². The van der Waals surface area contributed by atoms with Crippen LogP contribution in [0.5, 0.6) is 0 Å². The third-order valence-electron chi connectivity index (χ3n) is 6.59. The molecule has 17 heteroatoms. The van der Waals surface area contributed by atoms with E-state index >= 15 is 0 Å². The molecule has 4 heterocycles. The van der Waals surface area contributed by atoms with E-state index < -0.39 is 42.1 Å². The van der Waals surface area contributed by atoms with E-state index in [0.717, 1.165) is 9.36 Å². The third-order valence-corrected chi connectivity index (χ3v) is 6.82. The number of aryl methyl sites for hydroxylation is 1. The van der Waals surface area contributed by atoms with Gasteiger partial charge in [-0.05, 0) is 39.0 Å². The summed E-state index contributed by atoms with van der Waals surface area (Å²) in [4.78, 5) is 34.0. The molecule has 0 saturated carbocycles. The number of nitrogens with one attached hydrogen (secondary N) is 1. The van der Waals surface area contributed by atoms with Gasteiger partial charge in [-0.3, -0.25) is 9.48 Å². The Bertz CT molecular complexity index is 1730. The van der Waals surface area contributed by atoms with Gasteiger partial charge in [-0.25, -0.2) is 14.8 Å². The summed E-state index contributed by atoms with van der Waals surface area (Å²) in [5.74, 6) is -7.03. The van der Waals surface area contributed by atoms with Crippen LogP contribution in [0.3, 0.4) is 0 Å². The molecule has 3 aromatic heterocycles. The van der Waals surface area contributed by atoms with Gasteiger partial charge in [0.2, 0.25) is 11.8 Å². The van der Waals surface area contributed by atoms with Crippen LogP contribution < -0.4 is 16.8 Å². The smallest absolute Gasteiger partial charge is 0.391 e. The molecule has 0 spiro atoms. The second-order valence-electron chi connectivity index (χ2n) is 9.63. The second kappa shape index (κ2) is 8.97. The Morgan fingerprint density at radius 2 is 1.85 bits per heavy atom. The lowest BCUT2D eigenvalue weighted by molar-refractivity contribution is -0.285. The Kier molecular flexibility index (Phi) is 6.16. The van der Waals surface area contributed by atoms with Gasteiger partial charge in [-0.1, -0.05) is 11.6 Å². The van der Waals surface area contributed by atoms with Gasteiger partial charge in [0.25, 0.3) is 0 Å². The summed E-state index contributed by atoms with van der Waals surface area (Å²) in [6.45, 7) is 4.01. The fraction of sp³-hybridized carbons (Fsp3) is 0.391. The first-order valence-electron chi connectivity index (χ1n) is 11.7. The molecular formula is C23H20ClF5N8O3. The quantitative estimate of drug-likeness (QED) is 0.318. The Hall–Kier alpha value is -4.08. The summed E-state index contributed by atoms with van der Waals surface area (Å²) in [5.41, 5.74) is 4.80. The van der Waals surface area contributed by atoms with Gasteiger partial charge >= 0.3 is 17.9 Å². The van der Waals surface area contributed by atoms with Crippen LogP contribution in [0.4, 0.5) is 33.6 Å². The zero-order valence-corrected chi connectivity index (χ0v) is 21.7. The van der Waals surface area contributed by atoms with Crippen molar-refractivity contribution in [2.24, 2.45) is 0 Å². The van der Waals surface area contributed by atoms with Crippen molar-refractivity contribution in [1.82, 2.24) is 29.5 Å². The van der Waals surface area contributed by atoms with E-state index in [-0.39, 0.29) is 56.6 Å². The number of fused-ring (bicyclic) bond motifs is 2. The van der Waals surface area contributed by atoms with Crippen molar-refractivity contribution in [1.29, 1.82) is 0 Å². The molecule has 3 N–H and O–H groups in total. The molecule has 40 heavy (non-hydrogen) atoms. The molecule has 5 rings (SSSR count). The van der Waals surface area contributed by atoms with E-state index in [1.807, 2.05) is 0 Å². The molecule has 4 aromatic rings. The highest BCUT2D eigenvalue weighted by Gasteiger charge is 2.57. The van der Waals surface area contributed by atoms with Crippen LogP contribution in [-0.2, 0) is 16.8 Å². The van der Waals surface area contributed by atoms with E-state index in [0.29, 0.717) is 0 Å². The largest absolute Gasteiger partial charge is 0.453 e. The van der Waals surface area contributed by atoms with E-state index in [1.54, 1.807) is 13.8 Å². The van der Waals surface area contributed by atoms with E-state index in [9.17, 15) is 31.5 Å². The molecule has 1 aromatic carbocycles. The predicted molar refractivity (Wildman–Crippen MR) is 132 cm³/mol. The number of halogens is 6. The molecular weight excluding hydrogens is 567 g/mol. The zero-order chi connectivity index (χ0) is 29.4. The van der Waals surface area contributed by atoms with Crippen LogP contribution in [0.1, 0.15) is 44.7 Å². The van der Waals surface area contributed by atoms with E-state index in [2.05, 4.69) is 25.5 Å². The summed E-state index contributed by atoms with van der Waals surface area (Å²) >= 11 is 6.04. The summed E-state index contributed by atoms with van der Waals surface area (Å²) in [7, 11) is 0. The summed E-state index contributed by atoms with van der Waals surface area (Å²) in [6.07, 6.45) is -7.31. The molecule has 0 aliphatic carbocycles. The van der Waals surface area contributed by atoms with Crippen LogP contribution in [-0.4, -0.2) is 47.5 Å². The normalized spacial score (nSPS) is 17.6. The topological polar surface area (TPSA) is 147 Å². The number of alkyl halides is 5. The number of carbonyl (C=O) groups is 1. The van der Waals surface area contributed by atoms with Crippen molar-refractivity contribution in [3.05, 3.63) is 45.2 Å². The van der Waals surface area contributed by atoms with E-state index in [1.165, 1.54) is 25.1 Å².